The molecule has 2 aromatic heterocycles. The smallest absolute Gasteiger partial charge is 0.251 e. The van der Waals surface area contributed by atoms with E-state index in [-0.39, 0.29) is 11.7 Å². The van der Waals surface area contributed by atoms with E-state index in [1.54, 1.807) is 35.1 Å². The molecule has 4 aromatic rings. The van der Waals surface area contributed by atoms with Gasteiger partial charge >= 0.3 is 0 Å². The zero-order valence-electron chi connectivity index (χ0n) is 17.7. The molecule has 0 spiro atoms. The molecule has 2 aromatic carbocycles. The van der Waals surface area contributed by atoms with Gasteiger partial charge in [0.2, 0.25) is 5.95 Å². The van der Waals surface area contributed by atoms with E-state index in [0.29, 0.717) is 47.2 Å². The number of hydrogen-bond acceptors (Lipinski definition) is 5. The number of benzene rings is 2. The van der Waals surface area contributed by atoms with Crippen LogP contribution in [0, 0.1) is 12.7 Å². The predicted octanol–water partition coefficient (Wildman–Crippen LogP) is 4.46. The summed E-state index contributed by atoms with van der Waals surface area (Å²) in [6, 6.07) is 14.2. The molecule has 32 heavy (non-hydrogen) atoms. The highest BCUT2D eigenvalue weighted by Gasteiger charge is 2.19. The molecule has 1 aliphatic heterocycles. The Kier molecular flexibility index (Phi) is 4.89. The van der Waals surface area contributed by atoms with Gasteiger partial charge in [0, 0.05) is 41.7 Å². The van der Waals surface area contributed by atoms with Crippen molar-refractivity contribution in [3.63, 3.8) is 0 Å². The predicted molar refractivity (Wildman–Crippen MR) is 120 cm³/mol. The van der Waals surface area contributed by atoms with Crippen molar-refractivity contribution in [1.29, 1.82) is 0 Å². The van der Waals surface area contributed by atoms with Gasteiger partial charge in [-0.2, -0.15) is 4.98 Å². The summed E-state index contributed by atoms with van der Waals surface area (Å²) in [5.74, 6) is 0.535. The summed E-state index contributed by atoms with van der Waals surface area (Å²) in [5.41, 5.74) is 5.04. The summed E-state index contributed by atoms with van der Waals surface area (Å²) in [6.45, 7) is 5.00. The van der Waals surface area contributed by atoms with Gasteiger partial charge in [-0.25, -0.2) is 9.07 Å². The molecule has 0 saturated carbocycles. The minimum atomic E-state index is -0.378. The van der Waals surface area contributed by atoms with Crippen LogP contribution in [-0.4, -0.2) is 25.7 Å². The first-order chi connectivity index (χ1) is 15.5. The number of aryl methyl sites for hydroxylation is 2. The van der Waals surface area contributed by atoms with Crippen LogP contribution in [0.3, 0.4) is 0 Å². The first kappa shape index (κ1) is 19.9. The van der Waals surface area contributed by atoms with Crippen LogP contribution in [0.5, 0.6) is 0 Å². The van der Waals surface area contributed by atoms with Gasteiger partial charge in [0.05, 0.1) is 5.69 Å². The molecule has 0 aliphatic carbocycles. The van der Waals surface area contributed by atoms with Crippen molar-refractivity contribution in [1.82, 2.24) is 25.1 Å². The van der Waals surface area contributed by atoms with Gasteiger partial charge in [-0.3, -0.25) is 9.78 Å². The van der Waals surface area contributed by atoms with Crippen LogP contribution in [0.2, 0.25) is 0 Å². The zero-order chi connectivity index (χ0) is 22.2. The van der Waals surface area contributed by atoms with E-state index in [9.17, 15) is 9.18 Å². The summed E-state index contributed by atoms with van der Waals surface area (Å²) < 4.78 is 16.6. The van der Waals surface area contributed by atoms with E-state index in [2.05, 4.69) is 25.7 Å². The quantitative estimate of drug-likeness (QED) is 0.490. The maximum Gasteiger partial charge on any atom is 0.251 e. The monoisotopic (exact) mass is 428 g/mol. The molecule has 0 atom stereocenters. The highest BCUT2D eigenvalue weighted by atomic mass is 19.1. The Labute approximate surface area is 184 Å². The maximum atomic E-state index is 14.9. The third-order valence-corrected chi connectivity index (χ3v) is 5.43. The number of carbonyl (C=O) groups is 1. The summed E-state index contributed by atoms with van der Waals surface area (Å²) in [7, 11) is 0. The largest absolute Gasteiger partial charge is 0.348 e. The number of carbonyl (C=O) groups excluding carboxylic acids is 1. The van der Waals surface area contributed by atoms with Crippen molar-refractivity contribution < 1.29 is 9.18 Å². The summed E-state index contributed by atoms with van der Waals surface area (Å²) in [6.07, 6.45) is 1.72. The van der Waals surface area contributed by atoms with Crippen LogP contribution in [0.15, 0.2) is 54.7 Å². The first-order valence-corrected chi connectivity index (χ1v) is 10.4. The molecule has 1 amide bonds. The Morgan fingerprint density at radius 1 is 1.12 bits per heavy atom. The Bertz CT molecular complexity index is 1330. The molecular formula is C24H21FN6O. The lowest BCUT2D eigenvalue weighted by molar-refractivity contribution is 0.0966. The first-order valence-electron chi connectivity index (χ1n) is 10.4. The lowest BCUT2D eigenvalue weighted by atomic mass is 10.1. The second-order valence-corrected chi connectivity index (χ2v) is 7.67. The van der Waals surface area contributed by atoms with Gasteiger partial charge in [0.25, 0.3) is 5.91 Å². The molecule has 1 aliphatic rings. The minimum absolute atomic E-state index is 0.0585. The van der Waals surface area contributed by atoms with Gasteiger partial charge in [0.1, 0.15) is 5.82 Å². The van der Waals surface area contributed by atoms with E-state index < -0.39 is 0 Å². The zero-order valence-corrected chi connectivity index (χ0v) is 17.7. The maximum absolute atomic E-state index is 14.9. The number of rotatable bonds is 5. The molecule has 0 radical (unpaired) electrons. The molecule has 0 unspecified atom stereocenters. The fourth-order valence-electron chi connectivity index (χ4n) is 3.71. The lowest BCUT2D eigenvalue weighted by Crippen LogP contribution is -2.12. The minimum Gasteiger partial charge on any atom is -0.348 e. The highest BCUT2D eigenvalue weighted by Crippen LogP contribution is 2.28. The van der Waals surface area contributed by atoms with Crippen molar-refractivity contribution >= 4 is 17.5 Å². The van der Waals surface area contributed by atoms with E-state index >= 15 is 0 Å². The van der Waals surface area contributed by atoms with Crippen molar-refractivity contribution in [3.05, 3.63) is 77.2 Å². The number of nitrogens with one attached hydrogen (secondary N) is 2. The van der Waals surface area contributed by atoms with Gasteiger partial charge < -0.3 is 10.6 Å². The Morgan fingerprint density at radius 2 is 1.97 bits per heavy atom. The molecule has 8 heteroatoms. The fourth-order valence-corrected chi connectivity index (χ4v) is 3.71. The Balaban J connectivity index is 1.43. The number of pyridine rings is 1. The third-order valence-electron chi connectivity index (χ3n) is 5.43. The standard InChI is InChI=1S/C24H21FN6O/c1-3-31-24(28-17-6-8-18-16(10-17)13-27-23(18)32)29-22(30-31)15-5-7-19(20(25)11-15)21-9-4-14(2)12-26-21/h4-12H,3,13H2,1-2H3,(H,27,32)(H,28,29,30). The van der Waals surface area contributed by atoms with Crippen molar-refractivity contribution in [2.45, 2.75) is 26.9 Å². The average molecular weight is 428 g/mol. The Morgan fingerprint density at radius 3 is 2.72 bits per heavy atom. The fraction of sp³-hybridized carbons (Fsp3) is 0.167. The number of fused-ring (bicyclic) bond motifs is 1. The van der Waals surface area contributed by atoms with Crippen LogP contribution in [0.1, 0.15) is 28.4 Å². The summed E-state index contributed by atoms with van der Waals surface area (Å²) >= 11 is 0. The molecule has 2 N–H and O–H groups in total. The molecule has 0 bridgehead atoms. The van der Waals surface area contributed by atoms with Crippen LogP contribution in [0.4, 0.5) is 16.0 Å². The molecule has 160 valence electrons. The van der Waals surface area contributed by atoms with Crippen molar-refractivity contribution in [2.24, 2.45) is 0 Å². The van der Waals surface area contributed by atoms with Crippen molar-refractivity contribution in [2.75, 3.05) is 5.32 Å². The van der Waals surface area contributed by atoms with Crippen LogP contribution in [0.25, 0.3) is 22.6 Å². The summed E-state index contributed by atoms with van der Waals surface area (Å²) in [4.78, 5) is 20.7. The number of anilines is 2. The van der Waals surface area contributed by atoms with E-state index in [4.69, 9.17) is 0 Å². The van der Waals surface area contributed by atoms with Crippen LogP contribution >= 0.6 is 0 Å². The second kappa shape index (κ2) is 7.88. The molecule has 0 fully saturated rings. The molecule has 0 saturated heterocycles. The van der Waals surface area contributed by atoms with Gasteiger partial charge in [0.15, 0.2) is 5.82 Å². The van der Waals surface area contributed by atoms with E-state index in [1.165, 1.54) is 6.07 Å². The lowest BCUT2D eigenvalue weighted by Gasteiger charge is -2.07. The van der Waals surface area contributed by atoms with Crippen LogP contribution in [-0.2, 0) is 13.1 Å². The number of aromatic nitrogens is 4. The molecule has 3 heterocycles. The third kappa shape index (κ3) is 3.60. The number of halogens is 1. The van der Waals surface area contributed by atoms with Crippen LogP contribution < -0.4 is 10.6 Å². The summed E-state index contributed by atoms with van der Waals surface area (Å²) in [5, 5.41) is 10.6. The second-order valence-electron chi connectivity index (χ2n) is 7.67. The Hall–Kier alpha value is -4.07. The van der Waals surface area contributed by atoms with Gasteiger partial charge in [-0.1, -0.05) is 12.1 Å². The number of nitrogens with zero attached hydrogens (tertiary/aromatic N) is 4. The normalized spacial score (nSPS) is 12.5. The molecular weight excluding hydrogens is 407 g/mol. The average Bonchev–Trinajstić information content (AvgIpc) is 3.37. The van der Waals surface area contributed by atoms with Gasteiger partial charge in [-0.15, -0.1) is 5.10 Å². The van der Waals surface area contributed by atoms with Gasteiger partial charge in [-0.05, 0) is 61.4 Å². The molecule has 5 rings (SSSR count). The highest BCUT2D eigenvalue weighted by molar-refractivity contribution is 5.98. The topological polar surface area (TPSA) is 84.7 Å². The number of hydrogen-bond donors (Lipinski definition) is 2. The van der Waals surface area contributed by atoms with E-state index in [0.717, 1.165) is 16.8 Å². The SMILES string of the molecule is CCn1nc(-c2ccc(-c3ccc(C)cn3)c(F)c2)nc1Nc1ccc2c(c1)CNC2=O. The molecule has 7 nitrogen and oxygen atoms in total. The van der Waals surface area contributed by atoms with E-state index in [1.807, 2.05) is 32.0 Å². The van der Waals surface area contributed by atoms with Crippen molar-refractivity contribution in [3.8, 4) is 22.6 Å². The number of amides is 1.